The van der Waals surface area contributed by atoms with Crippen LogP contribution in [-0.4, -0.2) is 48.3 Å². The van der Waals surface area contributed by atoms with Crippen LogP contribution in [-0.2, 0) is 16.1 Å². The number of hydrogen-bond donors (Lipinski definition) is 1. The molecule has 0 spiro atoms. The Bertz CT molecular complexity index is 802. The Morgan fingerprint density at radius 2 is 2.07 bits per heavy atom. The van der Waals surface area contributed by atoms with Crippen molar-refractivity contribution in [2.24, 2.45) is 0 Å². The Hall–Kier alpha value is -3.18. The number of halogens is 1. The monoisotopic (exact) mass is 372 g/mol. The number of nitrogens with zero attached hydrogens (tertiary/aromatic N) is 3. The molecule has 0 saturated heterocycles. The lowest BCUT2D eigenvalue weighted by molar-refractivity contribution is -0.133. The molecule has 1 aromatic heterocycles. The van der Waals surface area contributed by atoms with Crippen LogP contribution in [0, 0.1) is 17.1 Å². The molecule has 0 aliphatic rings. The molecule has 0 bridgehead atoms. The average molecular weight is 372 g/mol. The Morgan fingerprint density at radius 3 is 2.74 bits per heavy atom. The molecule has 1 N–H and O–H groups in total. The highest BCUT2D eigenvalue weighted by molar-refractivity contribution is 5.92. The van der Waals surface area contributed by atoms with Gasteiger partial charge in [0.15, 0.2) is 0 Å². The van der Waals surface area contributed by atoms with Gasteiger partial charge in [-0.05, 0) is 37.4 Å². The van der Waals surface area contributed by atoms with E-state index in [-0.39, 0.29) is 44.4 Å². The number of carbonyl (C=O) groups is 2. The third-order valence-corrected chi connectivity index (χ3v) is 3.70. The maximum atomic E-state index is 13.2. The Labute approximate surface area is 157 Å². The second-order valence-electron chi connectivity index (χ2n) is 6.03. The predicted molar refractivity (Wildman–Crippen MR) is 96.9 cm³/mol. The smallest absolute Gasteiger partial charge is 0.238 e. The minimum absolute atomic E-state index is 0.00269. The summed E-state index contributed by atoms with van der Waals surface area (Å²) in [6.07, 6.45) is 1.72. The molecule has 0 unspecified atom stereocenters. The van der Waals surface area contributed by atoms with Crippen molar-refractivity contribution in [2.75, 3.05) is 32.0 Å². The minimum Gasteiger partial charge on any atom is -0.467 e. The molecule has 2 amide bonds. The number of nitriles is 1. The van der Waals surface area contributed by atoms with Crippen LogP contribution in [0.1, 0.15) is 12.2 Å². The van der Waals surface area contributed by atoms with Gasteiger partial charge in [-0.1, -0.05) is 6.07 Å². The van der Waals surface area contributed by atoms with Crippen molar-refractivity contribution < 1.29 is 18.4 Å². The quantitative estimate of drug-likeness (QED) is 0.729. The molecule has 27 heavy (non-hydrogen) atoms. The number of anilines is 1. The van der Waals surface area contributed by atoms with E-state index in [1.165, 1.54) is 29.4 Å². The van der Waals surface area contributed by atoms with E-state index in [0.29, 0.717) is 11.4 Å². The van der Waals surface area contributed by atoms with Gasteiger partial charge >= 0.3 is 0 Å². The van der Waals surface area contributed by atoms with Crippen LogP contribution >= 0.6 is 0 Å². The summed E-state index contributed by atoms with van der Waals surface area (Å²) in [7, 11) is 1.64. The van der Waals surface area contributed by atoms with Crippen molar-refractivity contribution in [1.29, 1.82) is 5.26 Å². The largest absolute Gasteiger partial charge is 0.467 e. The van der Waals surface area contributed by atoms with Crippen LogP contribution in [0.2, 0.25) is 0 Å². The summed E-state index contributed by atoms with van der Waals surface area (Å²) >= 11 is 0. The summed E-state index contributed by atoms with van der Waals surface area (Å²) in [6.45, 7) is 0.508. The molecule has 0 atom stereocenters. The Balaban J connectivity index is 1.87. The molecule has 0 saturated carbocycles. The van der Waals surface area contributed by atoms with Crippen LogP contribution in [0.25, 0.3) is 0 Å². The van der Waals surface area contributed by atoms with E-state index in [1.807, 2.05) is 6.07 Å². The van der Waals surface area contributed by atoms with E-state index < -0.39 is 5.82 Å². The minimum atomic E-state index is -0.442. The Kier molecular flexibility index (Phi) is 7.52. The number of likely N-dealkylation sites (N-methyl/N-ethyl adjacent to an activating group) is 1. The molecule has 142 valence electrons. The van der Waals surface area contributed by atoms with E-state index in [2.05, 4.69) is 5.32 Å². The SMILES string of the molecule is CN(CC(=O)Nc1cccc(F)c1)CC(=O)N(CCC#N)Cc1ccco1. The highest BCUT2D eigenvalue weighted by Crippen LogP contribution is 2.09. The van der Waals surface area contributed by atoms with E-state index >= 15 is 0 Å². The standard InChI is InChI=1S/C19H21FN4O3/c1-23(13-18(25)22-16-6-2-5-15(20)11-16)14-19(26)24(9-4-8-21)12-17-7-3-10-27-17/h2-3,5-7,10-11H,4,9,12-14H2,1H3,(H,22,25). The van der Waals surface area contributed by atoms with Gasteiger partial charge in [-0.25, -0.2) is 4.39 Å². The van der Waals surface area contributed by atoms with Gasteiger partial charge in [0.2, 0.25) is 11.8 Å². The summed E-state index contributed by atoms with van der Waals surface area (Å²) in [5.74, 6) is -0.400. The number of furan rings is 1. The fourth-order valence-corrected chi connectivity index (χ4v) is 2.47. The van der Waals surface area contributed by atoms with Crippen LogP contribution in [0.3, 0.4) is 0 Å². The molecular weight excluding hydrogens is 351 g/mol. The molecule has 1 aromatic carbocycles. The number of nitrogens with one attached hydrogen (secondary N) is 1. The third kappa shape index (κ3) is 6.92. The predicted octanol–water partition coefficient (Wildman–Crippen LogP) is 2.23. The van der Waals surface area contributed by atoms with Gasteiger partial charge in [-0.15, -0.1) is 0 Å². The number of hydrogen-bond acceptors (Lipinski definition) is 5. The van der Waals surface area contributed by atoms with E-state index in [4.69, 9.17) is 9.68 Å². The first kappa shape index (κ1) is 20.1. The molecule has 0 fully saturated rings. The number of rotatable bonds is 9. The second kappa shape index (κ2) is 10.1. The zero-order chi connectivity index (χ0) is 19.6. The van der Waals surface area contributed by atoms with Crippen LogP contribution in [0.5, 0.6) is 0 Å². The van der Waals surface area contributed by atoms with Crippen LogP contribution < -0.4 is 5.32 Å². The van der Waals surface area contributed by atoms with Gasteiger partial charge in [0.25, 0.3) is 0 Å². The summed E-state index contributed by atoms with van der Waals surface area (Å²) in [4.78, 5) is 27.6. The highest BCUT2D eigenvalue weighted by atomic mass is 19.1. The topological polar surface area (TPSA) is 89.6 Å². The molecule has 0 aliphatic heterocycles. The van der Waals surface area contributed by atoms with Gasteiger partial charge in [-0.2, -0.15) is 5.26 Å². The van der Waals surface area contributed by atoms with E-state index in [9.17, 15) is 14.0 Å². The van der Waals surface area contributed by atoms with Gasteiger partial charge in [-0.3, -0.25) is 14.5 Å². The average Bonchev–Trinajstić information content (AvgIpc) is 3.11. The fraction of sp³-hybridized carbons (Fsp3) is 0.316. The van der Waals surface area contributed by atoms with Crippen molar-refractivity contribution in [3.8, 4) is 6.07 Å². The first-order valence-corrected chi connectivity index (χ1v) is 8.39. The van der Waals surface area contributed by atoms with E-state index in [1.54, 1.807) is 30.1 Å². The molecule has 1 heterocycles. The van der Waals surface area contributed by atoms with Gasteiger partial charge < -0.3 is 14.6 Å². The Morgan fingerprint density at radius 1 is 1.26 bits per heavy atom. The maximum Gasteiger partial charge on any atom is 0.238 e. The van der Waals surface area contributed by atoms with Gasteiger partial charge in [0.05, 0.1) is 38.4 Å². The summed E-state index contributed by atoms with van der Waals surface area (Å²) in [5, 5.41) is 11.4. The lowest BCUT2D eigenvalue weighted by Gasteiger charge is -2.24. The molecule has 8 heteroatoms. The van der Waals surface area contributed by atoms with E-state index in [0.717, 1.165) is 0 Å². The lowest BCUT2D eigenvalue weighted by atomic mass is 10.3. The molecule has 7 nitrogen and oxygen atoms in total. The first-order valence-electron chi connectivity index (χ1n) is 8.39. The van der Waals surface area contributed by atoms with Crippen molar-refractivity contribution in [3.63, 3.8) is 0 Å². The van der Waals surface area contributed by atoms with Gasteiger partial charge in [0.1, 0.15) is 11.6 Å². The van der Waals surface area contributed by atoms with Crippen LogP contribution in [0.15, 0.2) is 47.1 Å². The first-order chi connectivity index (χ1) is 13.0. The third-order valence-electron chi connectivity index (χ3n) is 3.70. The highest BCUT2D eigenvalue weighted by Gasteiger charge is 2.18. The normalized spacial score (nSPS) is 10.4. The lowest BCUT2D eigenvalue weighted by Crippen LogP contribution is -2.41. The van der Waals surface area contributed by atoms with Crippen molar-refractivity contribution >= 4 is 17.5 Å². The summed E-state index contributed by atoms with van der Waals surface area (Å²) in [6, 6.07) is 11.1. The van der Waals surface area contributed by atoms with Crippen molar-refractivity contribution in [1.82, 2.24) is 9.80 Å². The van der Waals surface area contributed by atoms with Gasteiger partial charge in [0, 0.05) is 12.2 Å². The number of amides is 2. The zero-order valence-corrected chi connectivity index (χ0v) is 15.0. The summed E-state index contributed by atoms with van der Waals surface area (Å²) < 4.78 is 18.4. The zero-order valence-electron chi connectivity index (χ0n) is 15.0. The fourth-order valence-electron chi connectivity index (χ4n) is 2.47. The second-order valence-corrected chi connectivity index (χ2v) is 6.03. The molecular formula is C19H21FN4O3. The number of carbonyl (C=O) groups excluding carboxylic acids is 2. The van der Waals surface area contributed by atoms with Crippen molar-refractivity contribution in [2.45, 2.75) is 13.0 Å². The molecule has 0 aliphatic carbocycles. The van der Waals surface area contributed by atoms with Crippen molar-refractivity contribution in [3.05, 3.63) is 54.2 Å². The maximum absolute atomic E-state index is 13.2. The molecule has 2 rings (SSSR count). The summed E-state index contributed by atoms with van der Waals surface area (Å²) in [5.41, 5.74) is 0.355. The van der Waals surface area contributed by atoms with Crippen LogP contribution in [0.4, 0.5) is 10.1 Å². The molecule has 0 radical (unpaired) electrons. The molecule has 2 aromatic rings. The number of benzene rings is 1.